The van der Waals surface area contributed by atoms with Crippen molar-refractivity contribution in [1.82, 2.24) is 9.88 Å². The minimum atomic E-state index is -5.08. The average molecular weight is 401 g/mol. The van der Waals surface area contributed by atoms with Crippen molar-refractivity contribution in [3.05, 3.63) is 45.8 Å². The van der Waals surface area contributed by atoms with Gasteiger partial charge in [-0.1, -0.05) is 12.1 Å². The van der Waals surface area contributed by atoms with Crippen molar-refractivity contribution < 1.29 is 27.9 Å². The molecule has 0 fully saturated rings. The van der Waals surface area contributed by atoms with Crippen LogP contribution in [-0.2, 0) is 11.3 Å². The van der Waals surface area contributed by atoms with Crippen LogP contribution < -0.4 is 4.90 Å². The van der Waals surface area contributed by atoms with Crippen LogP contribution in [0.3, 0.4) is 0 Å². The molecule has 0 bridgehead atoms. The average Bonchev–Trinajstić information content (AvgIpc) is 3.07. The Labute approximate surface area is 157 Å². The smallest absolute Gasteiger partial charge is 0.475 e. The Balaban J connectivity index is 0.000000321. The van der Waals surface area contributed by atoms with Gasteiger partial charge in [-0.15, -0.1) is 11.3 Å². The van der Waals surface area contributed by atoms with E-state index in [1.807, 2.05) is 42.5 Å². The monoisotopic (exact) mass is 401 g/mol. The number of amides is 1. The highest BCUT2D eigenvalue weighted by Gasteiger charge is 2.38. The molecule has 146 valence electrons. The summed E-state index contributed by atoms with van der Waals surface area (Å²) in [6, 6.07) is 7.89. The van der Waals surface area contributed by atoms with E-state index in [0.29, 0.717) is 6.54 Å². The maximum absolute atomic E-state index is 12.5. The quantitative estimate of drug-likeness (QED) is 0.795. The summed E-state index contributed by atoms with van der Waals surface area (Å²) in [5.74, 6) is -1.65. The molecule has 0 saturated heterocycles. The number of carboxylic acids is 1. The molecule has 3 rings (SSSR count). The number of rotatable bonds is 1. The van der Waals surface area contributed by atoms with Gasteiger partial charge in [-0.3, -0.25) is 4.79 Å². The van der Waals surface area contributed by atoms with Crippen LogP contribution in [0.15, 0.2) is 29.6 Å². The first-order chi connectivity index (χ1) is 12.6. The Morgan fingerprint density at radius 2 is 1.89 bits per heavy atom. The zero-order valence-electron chi connectivity index (χ0n) is 14.7. The van der Waals surface area contributed by atoms with E-state index >= 15 is 0 Å². The minimum Gasteiger partial charge on any atom is -0.475 e. The first kappa shape index (κ1) is 20.7. The van der Waals surface area contributed by atoms with Gasteiger partial charge in [0.25, 0.3) is 5.91 Å². The zero-order valence-corrected chi connectivity index (χ0v) is 15.5. The summed E-state index contributed by atoms with van der Waals surface area (Å²) in [7, 11) is 2.03. The molecular formula is C17H18F3N3O3S. The van der Waals surface area contributed by atoms with Crippen LogP contribution in [0.1, 0.15) is 20.9 Å². The van der Waals surface area contributed by atoms with Crippen molar-refractivity contribution in [1.29, 1.82) is 0 Å². The summed E-state index contributed by atoms with van der Waals surface area (Å²) in [5.41, 5.74) is 2.12. The van der Waals surface area contributed by atoms with Gasteiger partial charge < -0.3 is 14.9 Å². The number of nitrogens with zero attached hydrogens (tertiary/aromatic N) is 3. The van der Waals surface area contributed by atoms with Crippen LogP contribution in [0.25, 0.3) is 0 Å². The molecule has 1 N–H and O–H groups in total. The van der Waals surface area contributed by atoms with Gasteiger partial charge in [0.15, 0.2) is 0 Å². The Bertz CT molecular complexity index is 809. The minimum absolute atomic E-state index is 0.113. The van der Waals surface area contributed by atoms with E-state index in [4.69, 9.17) is 9.90 Å². The third kappa shape index (κ3) is 5.43. The van der Waals surface area contributed by atoms with Crippen molar-refractivity contribution in [2.24, 2.45) is 0 Å². The molecule has 2 aromatic rings. The standard InChI is InChI=1S/C15H17N3OS.C2HF3O2/c1-11-5-6-12-10-18(8-7-17(2)14(12)16-11)15(19)13-4-3-9-20-13;3-2(4,5)1(6)7/h3-6,9H,7-8,10H2,1-2H3;(H,6,7). The SMILES string of the molecule is Cc1ccc2c(n1)N(C)CCN(C(=O)c1cccs1)C2.O=C(O)C(F)(F)F. The van der Waals surface area contributed by atoms with Gasteiger partial charge in [-0.05, 0) is 24.4 Å². The van der Waals surface area contributed by atoms with Gasteiger partial charge in [0.2, 0.25) is 0 Å². The summed E-state index contributed by atoms with van der Waals surface area (Å²) >= 11 is 1.50. The number of hydrogen-bond donors (Lipinski definition) is 1. The molecule has 0 saturated carbocycles. The first-order valence-corrected chi connectivity index (χ1v) is 8.78. The molecule has 0 radical (unpaired) electrons. The van der Waals surface area contributed by atoms with Gasteiger partial charge in [0.05, 0.1) is 4.88 Å². The second-order valence-corrected chi connectivity index (χ2v) is 6.81. The summed E-state index contributed by atoms with van der Waals surface area (Å²) < 4.78 is 31.7. The molecular weight excluding hydrogens is 383 g/mol. The fourth-order valence-corrected chi connectivity index (χ4v) is 3.11. The van der Waals surface area contributed by atoms with E-state index in [1.54, 1.807) is 0 Å². The van der Waals surface area contributed by atoms with E-state index in [1.165, 1.54) is 11.3 Å². The maximum atomic E-state index is 12.5. The third-order valence-corrected chi connectivity index (χ3v) is 4.64. The second-order valence-electron chi connectivity index (χ2n) is 5.86. The molecule has 0 spiro atoms. The molecule has 6 nitrogen and oxygen atoms in total. The number of alkyl halides is 3. The van der Waals surface area contributed by atoms with Crippen LogP contribution in [0.5, 0.6) is 0 Å². The second kappa shape index (κ2) is 8.38. The Hall–Kier alpha value is -2.62. The van der Waals surface area contributed by atoms with Crippen LogP contribution in [-0.4, -0.2) is 53.2 Å². The third-order valence-electron chi connectivity index (χ3n) is 3.78. The molecule has 0 aromatic carbocycles. The van der Waals surface area contributed by atoms with Crippen molar-refractivity contribution in [3.63, 3.8) is 0 Å². The number of carbonyl (C=O) groups is 2. The molecule has 3 heterocycles. The van der Waals surface area contributed by atoms with Crippen LogP contribution in [0.4, 0.5) is 19.0 Å². The first-order valence-electron chi connectivity index (χ1n) is 7.90. The van der Waals surface area contributed by atoms with Gasteiger partial charge >= 0.3 is 12.1 Å². The van der Waals surface area contributed by atoms with E-state index in [-0.39, 0.29) is 5.91 Å². The molecule has 27 heavy (non-hydrogen) atoms. The molecule has 2 aromatic heterocycles. The van der Waals surface area contributed by atoms with Crippen molar-refractivity contribution in [2.75, 3.05) is 25.0 Å². The number of likely N-dealkylation sites (N-methyl/N-ethyl adjacent to an activating group) is 1. The largest absolute Gasteiger partial charge is 0.490 e. The normalized spacial score (nSPS) is 14.0. The fraction of sp³-hybridized carbons (Fsp3) is 0.353. The van der Waals surface area contributed by atoms with Crippen LogP contribution in [0, 0.1) is 6.92 Å². The summed E-state index contributed by atoms with van der Waals surface area (Å²) in [4.78, 5) is 30.8. The van der Waals surface area contributed by atoms with Crippen molar-refractivity contribution in [3.8, 4) is 0 Å². The summed E-state index contributed by atoms with van der Waals surface area (Å²) in [6.45, 7) is 4.15. The number of carbonyl (C=O) groups excluding carboxylic acids is 1. The zero-order chi connectivity index (χ0) is 20.2. The number of aryl methyl sites for hydroxylation is 1. The van der Waals surface area contributed by atoms with Gasteiger partial charge in [-0.25, -0.2) is 9.78 Å². The summed E-state index contributed by atoms with van der Waals surface area (Å²) in [6.07, 6.45) is -5.08. The highest BCUT2D eigenvalue weighted by atomic mass is 32.1. The van der Waals surface area contributed by atoms with Crippen molar-refractivity contribution in [2.45, 2.75) is 19.6 Å². The molecule has 10 heteroatoms. The molecule has 0 atom stereocenters. The topological polar surface area (TPSA) is 73.7 Å². The van der Waals surface area contributed by atoms with Crippen LogP contribution in [0.2, 0.25) is 0 Å². The van der Waals surface area contributed by atoms with Gasteiger partial charge in [0, 0.05) is 37.9 Å². The van der Waals surface area contributed by atoms with Crippen LogP contribution >= 0.6 is 11.3 Å². The predicted octanol–water partition coefficient (Wildman–Crippen LogP) is 3.18. The summed E-state index contributed by atoms with van der Waals surface area (Å²) in [5, 5.41) is 9.07. The number of thiophene rings is 1. The number of anilines is 1. The van der Waals surface area contributed by atoms with Gasteiger partial charge in [-0.2, -0.15) is 13.2 Å². The molecule has 0 unspecified atom stereocenters. The number of pyridine rings is 1. The highest BCUT2D eigenvalue weighted by Crippen LogP contribution is 2.24. The molecule has 1 amide bonds. The lowest BCUT2D eigenvalue weighted by Crippen LogP contribution is -2.33. The number of hydrogen-bond acceptors (Lipinski definition) is 5. The molecule has 1 aliphatic rings. The maximum Gasteiger partial charge on any atom is 0.490 e. The van der Waals surface area contributed by atoms with E-state index < -0.39 is 12.1 Å². The number of fused-ring (bicyclic) bond motifs is 1. The Morgan fingerprint density at radius 3 is 2.44 bits per heavy atom. The van der Waals surface area contributed by atoms with E-state index in [0.717, 1.165) is 35.0 Å². The van der Waals surface area contributed by atoms with E-state index in [9.17, 15) is 18.0 Å². The number of halogens is 3. The number of carboxylic acid groups (broad SMARTS) is 1. The Kier molecular flexibility index (Phi) is 6.42. The van der Waals surface area contributed by atoms with E-state index in [2.05, 4.69) is 16.0 Å². The lowest BCUT2D eigenvalue weighted by molar-refractivity contribution is -0.192. The lowest BCUT2D eigenvalue weighted by Gasteiger charge is -2.20. The van der Waals surface area contributed by atoms with Gasteiger partial charge in [0.1, 0.15) is 5.82 Å². The number of aromatic nitrogens is 1. The fourth-order valence-electron chi connectivity index (χ4n) is 2.42. The molecule has 1 aliphatic heterocycles. The lowest BCUT2D eigenvalue weighted by atomic mass is 10.2. The number of aliphatic carboxylic acids is 1. The molecule has 0 aliphatic carbocycles. The predicted molar refractivity (Wildman–Crippen MR) is 95.0 cm³/mol. The Morgan fingerprint density at radius 1 is 1.22 bits per heavy atom. The highest BCUT2D eigenvalue weighted by molar-refractivity contribution is 7.12. The van der Waals surface area contributed by atoms with Crippen molar-refractivity contribution >= 4 is 29.0 Å².